The molecule has 0 bridgehead atoms. The first-order valence-corrected chi connectivity index (χ1v) is 11.2. The van der Waals surface area contributed by atoms with E-state index in [1.807, 2.05) is 54.2 Å². The van der Waals surface area contributed by atoms with Gasteiger partial charge in [0.2, 0.25) is 0 Å². The van der Waals surface area contributed by atoms with Crippen molar-refractivity contribution in [2.45, 2.75) is 38.0 Å². The maximum atomic E-state index is 13.3. The summed E-state index contributed by atoms with van der Waals surface area (Å²) < 4.78 is 1.63. The summed E-state index contributed by atoms with van der Waals surface area (Å²) in [6, 6.07) is 20.5. The Balaban J connectivity index is 1.97. The molecule has 0 amide bonds. The van der Waals surface area contributed by atoms with Crippen molar-refractivity contribution < 1.29 is 0 Å². The lowest BCUT2D eigenvalue weighted by molar-refractivity contribution is 0.517. The van der Waals surface area contributed by atoms with Crippen molar-refractivity contribution in [1.82, 2.24) is 4.57 Å². The Hall–Kier alpha value is -2.70. The van der Waals surface area contributed by atoms with Gasteiger partial charge < -0.3 is 0 Å². The smallest absolute Gasteiger partial charge is 0.197 e. The van der Waals surface area contributed by atoms with Crippen LogP contribution < -0.4 is 5.43 Å². The normalized spacial score (nSPS) is 11.8. The number of hydrogen-bond donors (Lipinski definition) is 0. The maximum Gasteiger partial charge on any atom is 0.197 e. The van der Waals surface area contributed by atoms with E-state index in [4.69, 9.17) is 6.42 Å². The summed E-state index contributed by atoms with van der Waals surface area (Å²) in [7, 11) is 0. The molecule has 0 radical (unpaired) electrons. The molecule has 0 aliphatic carbocycles. The molecule has 0 saturated carbocycles. The van der Waals surface area contributed by atoms with Crippen LogP contribution in [0, 0.1) is 18.4 Å². The number of terminal acetylenes is 1. The van der Waals surface area contributed by atoms with Gasteiger partial charge >= 0.3 is 0 Å². The summed E-state index contributed by atoms with van der Waals surface area (Å²) in [5.74, 6) is 1.83. The first kappa shape index (κ1) is 21.0. The SMILES string of the molecule is C#Cn1cc(-c2ccccc2)c(=O)c(-c2cccc(SCC(CC)CCC)c2)c1. The topological polar surface area (TPSA) is 22.0 Å². The van der Waals surface area contributed by atoms with Crippen LogP contribution in [0.4, 0.5) is 0 Å². The van der Waals surface area contributed by atoms with E-state index in [1.165, 1.54) is 24.2 Å². The van der Waals surface area contributed by atoms with Crippen LogP contribution in [0.3, 0.4) is 0 Å². The zero-order chi connectivity index (χ0) is 20.6. The highest BCUT2D eigenvalue weighted by atomic mass is 32.2. The highest BCUT2D eigenvalue weighted by Gasteiger charge is 2.12. The van der Waals surface area contributed by atoms with Gasteiger partial charge in [0.05, 0.1) is 0 Å². The maximum absolute atomic E-state index is 13.3. The van der Waals surface area contributed by atoms with Crippen LogP contribution >= 0.6 is 11.8 Å². The molecule has 0 fully saturated rings. The standard InChI is InChI=1S/C26H27NOS/c1-4-11-20(5-2)19-29-23-15-10-14-22(16-23)25-18-27(6-3)17-24(26(25)28)21-12-8-7-9-13-21/h3,7-10,12-18,20H,4-5,11,19H2,1-2H3. The van der Waals surface area contributed by atoms with Crippen LogP contribution in [-0.2, 0) is 0 Å². The first-order valence-electron chi connectivity index (χ1n) is 10.2. The van der Waals surface area contributed by atoms with E-state index in [0.717, 1.165) is 22.8 Å². The molecule has 2 aromatic carbocycles. The molecule has 1 unspecified atom stereocenters. The predicted molar refractivity (Wildman–Crippen MR) is 125 cm³/mol. The monoisotopic (exact) mass is 401 g/mol. The highest BCUT2D eigenvalue weighted by Crippen LogP contribution is 2.28. The third-order valence-corrected chi connectivity index (χ3v) is 6.39. The number of hydrogen-bond acceptors (Lipinski definition) is 2. The van der Waals surface area contributed by atoms with Gasteiger partial charge in [-0.15, -0.1) is 11.8 Å². The van der Waals surface area contributed by atoms with Gasteiger partial charge in [0, 0.05) is 40.2 Å². The van der Waals surface area contributed by atoms with Gasteiger partial charge in [-0.05, 0) is 35.6 Å². The summed E-state index contributed by atoms with van der Waals surface area (Å²) in [5.41, 5.74) is 3.03. The fraction of sp³-hybridized carbons (Fsp3) is 0.269. The van der Waals surface area contributed by atoms with E-state index in [9.17, 15) is 4.79 Å². The minimum absolute atomic E-state index is 0.00210. The summed E-state index contributed by atoms with van der Waals surface area (Å²) >= 11 is 1.87. The van der Waals surface area contributed by atoms with Gasteiger partial charge in [-0.3, -0.25) is 9.36 Å². The van der Waals surface area contributed by atoms with E-state index >= 15 is 0 Å². The fourth-order valence-electron chi connectivity index (χ4n) is 3.46. The Morgan fingerprint density at radius 1 is 1.00 bits per heavy atom. The van der Waals surface area contributed by atoms with E-state index < -0.39 is 0 Å². The average molecular weight is 402 g/mol. The molecule has 1 atom stereocenters. The number of pyridine rings is 1. The molecule has 3 rings (SSSR count). The molecule has 29 heavy (non-hydrogen) atoms. The van der Waals surface area contributed by atoms with Crippen LogP contribution in [0.5, 0.6) is 0 Å². The molecular weight excluding hydrogens is 374 g/mol. The fourth-order valence-corrected chi connectivity index (χ4v) is 4.68. The Morgan fingerprint density at radius 2 is 1.69 bits per heavy atom. The minimum Gasteiger partial charge on any atom is -0.288 e. The summed E-state index contributed by atoms with van der Waals surface area (Å²) in [5, 5.41) is 0. The van der Waals surface area contributed by atoms with Gasteiger partial charge in [0.1, 0.15) is 0 Å². The Kier molecular flexibility index (Phi) is 7.38. The summed E-state index contributed by atoms with van der Waals surface area (Å²) in [6.07, 6.45) is 12.8. The second-order valence-electron chi connectivity index (χ2n) is 7.22. The number of rotatable bonds is 8. The van der Waals surface area contributed by atoms with E-state index in [-0.39, 0.29) is 5.43 Å². The second kappa shape index (κ2) is 10.2. The molecule has 1 heterocycles. The third-order valence-electron chi connectivity index (χ3n) is 5.16. The molecule has 1 aromatic heterocycles. The Morgan fingerprint density at radius 3 is 2.34 bits per heavy atom. The van der Waals surface area contributed by atoms with Crippen molar-refractivity contribution in [2.75, 3.05) is 5.75 Å². The van der Waals surface area contributed by atoms with Gasteiger partial charge in [-0.2, -0.15) is 0 Å². The van der Waals surface area contributed by atoms with E-state index in [2.05, 4.69) is 32.0 Å². The first-order chi connectivity index (χ1) is 14.2. The second-order valence-corrected chi connectivity index (χ2v) is 8.31. The van der Waals surface area contributed by atoms with Crippen LogP contribution in [0.25, 0.3) is 22.3 Å². The minimum atomic E-state index is 0.00210. The molecule has 0 saturated heterocycles. The molecule has 0 aliphatic heterocycles. The average Bonchev–Trinajstić information content (AvgIpc) is 2.77. The van der Waals surface area contributed by atoms with Crippen molar-refractivity contribution >= 4 is 11.8 Å². The number of benzene rings is 2. The van der Waals surface area contributed by atoms with Crippen LogP contribution in [0.15, 0.2) is 76.7 Å². The van der Waals surface area contributed by atoms with Crippen LogP contribution in [0.2, 0.25) is 0 Å². The molecule has 148 valence electrons. The lowest BCUT2D eigenvalue weighted by Crippen LogP contribution is -2.11. The van der Waals surface area contributed by atoms with E-state index in [0.29, 0.717) is 11.1 Å². The zero-order valence-corrected chi connectivity index (χ0v) is 17.9. The van der Waals surface area contributed by atoms with Crippen molar-refractivity contribution in [2.24, 2.45) is 5.92 Å². The molecular formula is C26H27NOS. The molecule has 3 heteroatoms. The Bertz CT molecular complexity index is 1050. The number of nitrogens with zero attached hydrogens (tertiary/aromatic N) is 1. The third kappa shape index (κ3) is 5.22. The van der Waals surface area contributed by atoms with Gasteiger partial charge in [0.25, 0.3) is 0 Å². The molecule has 3 aromatic rings. The lowest BCUT2D eigenvalue weighted by atomic mass is 10.0. The molecule has 0 N–H and O–H groups in total. The highest BCUT2D eigenvalue weighted by molar-refractivity contribution is 7.99. The van der Waals surface area contributed by atoms with Gasteiger partial charge in [-0.25, -0.2) is 0 Å². The van der Waals surface area contributed by atoms with E-state index in [1.54, 1.807) is 17.0 Å². The Labute approximate surface area is 178 Å². The lowest BCUT2D eigenvalue weighted by Gasteiger charge is -2.14. The van der Waals surface area contributed by atoms with Crippen LogP contribution in [0.1, 0.15) is 33.1 Å². The zero-order valence-electron chi connectivity index (χ0n) is 17.1. The molecule has 2 nitrogen and oxygen atoms in total. The van der Waals surface area contributed by atoms with Crippen molar-refractivity contribution in [3.63, 3.8) is 0 Å². The quantitative estimate of drug-likeness (QED) is 0.316. The van der Waals surface area contributed by atoms with Crippen LogP contribution in [-0.4, -0.2) is 10.3 Å². The number of thioether (sulfide) groups is 1. The number of aromatic nitrogens is 1. The molecule has 0 spiro atoms. The van der Waals surface area contributed by atoms with Crippen molar-refractivity contribution in [3.05, 3.63) is 77.2 Å². The largest absolute Gasteiger partial charge is 0.288 e. The predicted octanol–water partition coefficient (Wildman–Crippen LogP) is 6.54. The molecule has 0 aliphatic rings. The summed E-state index contributed by atoms with van der Waals surface area (Å²) in [6.45, 7) is 4.50. The summed E-state index contributed by atoms with van der Waals surface area (Å²) in [4.78, 5) is 14.4. The van der Waals surface area contributed by atoms with Gasteiger partial charge in [0.15, 0.2) is 5.43 Å². The van der Waals surface area contributed by atoms with Gasteiger partial charge in [-0.1, -0.05) is 75.6 Å². The van der Waals surface area contributed by atoms with Crippen molar-refractivity contribution in [3.8, 4) is 34.7 Å². The van der Waals surface area contributed by atoms with Crippen molar-refractivity contribution in [1.29, 1.82) is 0 Å².